The van der Waals surface area contributed by atoms with Gasteiger partial charge in [-0.3, -0.25) is 4.90 Å². The molecular formula is C23H25NO7. The lowest BCUT2D eigenvalue weighted by Crippen LogP contribution is -2.47. The molecule has 0 bridgehead atoms. The first kappa shape index (κ1) is 21.1. The predicted octanol–water partition coefficient (Wildman–Crippen LogP) is 3.11. The Bertz CT molecular complexity index is 907. The van der Waals surface area contributed by atoms with E-state index >= 15 is 0 Å². The molecule has 2 aromatic rings. The van der Waals surface area contributed by atoms with Crippen molar-refractivity contribution in [2.75, 3.05) is 38.4 Å². The second kappa shape index (κ2) is 8.95. The van der Waals surface area contributed by atoms with Crippen LogP contribution in [0.5, 0.6) is 5.75 Å². The van der Waals surface area contributed by atoms with Gasteiger partial charge in [-0.2, -0.15) is 0 Å². The summed E-state index contributed by atoms with van der Waals surface area (Å²) in [5.74, 6) is -1.23. The highest BCUT2D eigenvalue weighted by molar-refractivity contribution is 5.89. The van der Waals surface area contributed by atoms with Crippen LogP contribution in [0.2, 0.25) is 0 Å². The van der Waals surface area contributed by atoms with Crippen molar-refractivity contribution in [3.05, 3.63) is 60.2 Å². The van der Waals surface area contributed by atoms with E-state index in [0.717, 1.165) is 11.3 Å². The van der Waals surface area contributed by atoms with Crippen LogP contribution in [0.3, 0.4) is 0 Å². The molecule has 164 valence electrons. The lowest BCUT2D eigenvalue weighted by Gasteiger charge is -2.35. The van der Waals surface area contributed by atoms with Crippen molar-refractivity contribution in [1.82, 2.24) is 0 Å². The molecule has 8 nitrogen and oxygen atoms in total. The molecule has 2 heterocycles. The lowest BCUT2D eigenvalue weighted by molar-refractivity contribution is -0.264. The van der Waals surface area contributed by atoms with Gasteiger partial charge in [-0.15, -0.1) is 0 Å². The first-order chi connectivity index (χ1) is 15.0. The Labute approximate surface area is 180 Å². The van der Waals surface area contributed by atoms with Crippen LogP contribution in [0.1, 0.15) is 18.4 Å². The number of nitrogens with zero attached hydrogens (tertiary/aromatic N) is 1. The minimum absolute atomic E-state index is 0.00185. The molecule has 2 aromatic carbocycles. The number of amides is 1. The summed E-state index contributed by atoms with van der Waals surface area (Å²) in [6.07, 6.45) is -0.713. The smallest absolute Gasteiger partial charge is 0.414 e. The number of hydrogen-bond acceptors (Lipinski definition) is 7. The molecule has 0 spiro atoms. The Balaban J connectivity index is 1.28. The van der Waals surface area contributed by atoms with Gasteiger partial charge in [0.05, 0.1) is 26.9 Å². The topological polar surface area (TPSA) is 83.5 Å². The SMILES string of the molecule is COC(=O)[C@]1(C)OC[C@@H](c2ccc(OCC3CN(c4ccccc4)C(=O)O3)cc2)CO1. The number of carbonyl (C=O) groups is 2. The number of ether oxygens (including phenoxy) is 5. The Morgan fingerprint density at radius 2 is 1.77 bits per heavy atom. The van der Waals surface area contributed by atoms with Crippen LogP contribution >= 0.6 is 0 Å². The zero-order chi connectivity index (χ0) is 21.8. The number of para-hydroxylation sites is 1. The van der Waals surface area contributed by atoms with Crippen molar-refractivity contribution in [1.29, 1.82) is 0 Å². The molecule has 1 amide bonds. The van der Waals surface area contributed by atoms with E-state index in [-0.39, 0.29) is 24.7 Å². The van der Waals surface area contributed by atoms with Gasteiger partial charge in [-0.05, 0) is 29.8 Å². The monoisotopic (exact) mass is 427 g/mol. The third-order valence-electron chi connectivity index (χ3n) is 5.41. The maximum absolute atomic E-state index is 12.1. The fourth-order valence-electron chi connectivity index (χ4n) is 3.56. The third-order valence-corrected chi connectivity index (χ3v) is 5.41. The summed E-state index contributed by atoms with van der Waals surface area (Å²) in [5.41, 5.74) is 1.82. The first-order valence-electron chi connectivity index (χ1n) is 10.1. The fraction of sp³-hybridized carbons (Fsp3) is 0.391. The van der Waals surface area contributed by atoms with E-state index in [4.69, 9.17) is 23.7 Å². The summed E-state index contributed by atoms with van der Waals surface area (Å²) in [7, 11) is 1.30. The van der Waals surface area contributed by atoms with E-state index in [2.05, 4.69) is 0 Å². The molecule has 0 saturated carbocycles. The van der Waals surface area contributed by atoms with Crippen LogP contribution in [0.4, 0.5) is 10.5 Å². The second-order valence-electron chi connectivity index (χ2n) is 7.59. The number of methoxy groups -OCH3 is 1. The van der Waals surface area contributed by atoms with Crippen LogP contribution in [-0.2, 0) is 23.7 Å². The van der Waals surface area contributed by atoms with Crippen molar-refractivity contribution in [3.63, 3.8) is 0 Å². The van der Waals surface area contributed by atoms with Crippen LogP contribution < -0.4 is 9.64 Å². The number of rotatable bonds is 6. The summed E-state index contributed by atoms with van der Waals surface area (Å²) in [4.78, 5) is 25.5. The third kappa shape index (κ3) is 4.65. The molecule has 31 heavy (non-hydrogen) atoms. The summed E-state index contributed by atoms with van der Waals surface area (Å²) in [6.45, 7) is 2.96. The second-order valence-corrected chi connectivity index (χ2v) is 7.59. The lowest BCUT2D eigenvalue weighted by atomic mass is 9.99. The minimum Gasteiger partial charge on any atom is -0.490 e. The van der Waals surface area contributed by atoms with Crippen molar-refractivity contribution in [2.24, 2.45) is 0 Å². The zero-order valence-corrected chi connectivity index (χ0v) is 17.5. The van der Waals surface area contributed by atoms with Crippen LogP contribution in [0.25, 0.3) is 0 Å². The largest absolute Gasteiger partial charge is 0.490 e. The van der Waals surface area contributed by atoms with Gasteiger partial charge in [0.2, 0.25) is 0 Å². The van der Waals surface area contributed by atoms with E-state index in [1.165, 1.54) is 7.11 Å². The molecule has 2 fully saturated rings. The highest BCUT2D eigenvalue weighted by atomic mass is 16.7. The fourth-order valence-corrected chi connectivity index (χ4v) is 3.56. The number of cyclic esters (lactones) is 1. The van der Waals surface area contributed by atoms with Gasteiger partial charge in [0.1, 0.15) is 12.4 Å². The maximum Gasteiger partial charge on any atom is 0.414 e. The Kier molecular flexibility index (Phi) is 6.11. The first-order valence-corrected chi connectivity index (χ1v) is 10.1. The van der Waals surface area contributed by atoms with Gasteiger partial charge in [-0.1, -0.05) is 30.3 Å². The van der Waals surface area contributed by atoms with Gasteiger partial charge < -0.3 is 23.7 Å². The Morgan fingerprint density at radius 1 is 1.10 bits per heavy atom. The van der Waals surface area contributed by atoms with Crippen molar-refractivity contribution < 1.29 is 33.3 Å². The van der Waals surface area contributed by atoms with Gasteiger partial charge >= 0.3 is 12.1 Å². The molecule has 1 atom stereocenters. The predicted molar refractivity (Wildman–Crippen MR) is 111 cm³/mol. The van der Waals surface area contributed by atoms with E-state index in [0.29, 0.717) is 25.5 Å². The molecule has 1 unspecified atom stereocenters. The normalized spacial score (nSPS) is 25.7. The number of carbonyl (C=O) groups excluding carboxylic acids is 2. The molecule has 4 rings (SSSR count). The number of benzene rings is 2. The van der Waals surface area contributed by atoms with Crippen molar-refractivity contribution in [2.45, 2.75) is 24.7 Å². The summed E-state index contributed by atoms with van der Waals surface area (Å²) >= 11 is 0. The maximum atomic E-state index is 12.1. The zero-order valence-electron chi connectivity index (χ0n) is 17.5. The van der Waals surface area contributed by atoms with Crippen molar-refractivity contribution >= 4 is 17.7 Å². The Morgan fingerprint density at radius 3 is 2.42 bits per heavy atom. The summed E-state index contributed by atoms with van der Waals surface area (Å²) in [6, 6.07) is 17.0. The average Bonchev–Trinajstić information content (AvgIpc) is 3.19. The van der Waals surface area contributed by atoms with Gasteiger partial charge in [0, 0.05) is 18.5 Å². The van der Waals surface area contributed by atoms with Crippen LogP contribution in [0, 0.1) is 0 Å². The summed E-state index contributed by atoms with van der Waals surface area (Å²) in [5, 5.41) is 0. The van der Waals surface area contributed by atoms with Crippen LogP contribution in [0.15, 0.2) is 54.6 Å². The quantitative estimate of drug-likeness (QED) is 0.655. The molecular weight excluding hydrogens is 402 g/mol. The number of esters is 1. The minimum atomic E-state index is -1.36. The van der Waals surface area contributed by atoms with E-state index < -0.39 is 11.8 Å². The van der Waals surface area contributed by atoms with E-state index in [9.17, 15) is 9.59 Å². The van der Waals surface area contributed by atoms with Crippen LogP contribution in [-0.4, -0.2) is 57.4 Å². The van der Waals surface area contributed by atoms with Gasteiger partial charge in [0.25, 0.3) is 5.79 Å². The molecule has 2 aliphatic heterocycles. The molecule has 2 aliphatic rings. The Hall–Kier alpha value is -3.10. The molecule has 0 aromatic heterocycles. The summed E-state index contributed by atoms with van der Waals surface area (Å²) < 4.78 is 27.2. The standard InChI is InChI=1S/C23H25NO7/c1-23(21(25)27-2)29-13-17(14-30-23)16-8-10-19(11-9-16)28-15-20-12-24(22(26)31-20)18-6-4-3-5-7-18/h3-11,17,20H,12-15H2,1-2H3/t17-,20?,23-. The molecule has 2 saturated heterocycles. The average molecular weight is 427 g/mol. The van der Waals surface area contributed by atoms with E-state index in [1.807, 2.05) is 54.6 Å². The highest BCUT2D eigenvalue weighted by Crippen LogP contribution is 2.30. The van der Waals surface area contributed by atoms with E-state index in [1.54, 1.807) is 11.8 Å². The molecule has 0 aliphatic carbocycles. The molecule has 8 heteroatoms. The molecule has 0 radical (unpaired) electrons. The molecule has 0 N–H and O–H groups in total. The number of hydrogen-bond donors (Lipinski definition) is 0. The highest BCUT2D eigenvalue weighted by Gasteiger charge is 2.41. The van der Waals surface area contributed by atoms with Crippen molar-refractivity contribution in [3.8, 4) is 5.75 Å². The van der Waals surface area contributed by atoms with Gasteiger partial charge in [0.15, 0.2) is 6.10 Å². The number of anilines is 1. The van der Waals surface area contributed by atoms with Gasteiger partial charge in [-0.25, -0.2) is 9.59 Å².